The van der Waals surface area contributed by atoms with Crippen molar-refractivity contribution in [3.63, 3.8) is 0 Å². The molecule has 3 fully saturated rings. The molecule has 6 heteroatoms. The second-order valence-electron chi connectivity index (χ2n) is 8.91. The Bertz CT molecular complexity index is 621. The van der Waals surface area contributed by atoms with Gasteiger partial charge in [-0.05, 0) is 38.0 Å². The van der Waals surface area contributed by atoms with Gasteiger partial charge in [0.15, 0.2) is 5.82 Å². The lowest BCUT2D eigenvalue weighted by atomic mass is 9.89. The third-order valence-corrected chi connectivity index (χ3v) is 7.03. The van der Waals surface area contributed by atoms with E-state index in [0.717, 1.165) is 57.3 Å². The van der Waals surface area contributed by atoms with Gasteiger partial charge in [0.25, 0.3) is 0 Å². The van der Waals surface area contributed by atoms with Gasteiger partial charge in [0.2, 0.25) is 0 Å². The van der Waals surface area contributed by atoms with Crippen molar-refractivity contribution in [3.05, 3.63) is 11.6 Å². The molecule has 1 saturated carbocycles. The van der Waals surface area contributed by atoms with E-state index in [1.807, 2.05) is 0 Å². The fourth-order valence-corrected chi connectivity index (χ4v) is 5.50. The molecule has 4 heterocycles. The molecule has 1 aromatic heterocycles. The summed E-state index contributed by atoms with van der Waals surface area (Å²) in [6.07, 6.45) is 10.4. The minimum Gasteiger partial charge on any atom is -0.381 e. The van der Waals surface area contributed by atoms with Crippen molar-refractivity contribution in [1.82, 2.24) is 19.7 Å². The van der Waals surface area contributed by atoms with E-state index in [0.29, 0.717) is 12.5 Å². The molecule has 1 aliphatic carbocycles. The Morgan fingerprint density at radius 1 is 1.00 bits per heavy atom. The smallest absolute Gasteiger partial charge is 0.159 e. The van der Waals surface area contributed by atoms with Crippen LogP contribution in [0.25, 0.3) is 0 Å². The fourth-order valence-electron chi connectivity index (χ4n) is 5.50. The van der Waals surface area contributed by atoms with Gasteiger partial charge < -0.3 is 18.9 Å². The molecule has 1 spiro atoms. The summed E-state index contributed by atoms with van der Waals surface area (Å²) in [6, 6.07) is 0. The number of hydrogen-bond donors (Lipinski definition) is 0. The number of aromatic nitrogens is 3. The molecule has 2 saturated heterocycles. The molecule has 5 rings (SSSR count). The molecule has 0 bridgehead atoms. The molecule has 4 aliphatic rings. The van der Waals surface area contributed by atoms with Crippen molar-refractivity contribution in [2.75, 3.05) is 32.8 Å². The maximum Gasteiger partial charge on any atom is 0.159 e. The van der Waals surface area contributed by atoms with Crippen molar-refractivity contribution < 1.29 is 9.47 Å². The second-order valence-corrected chi connectivity index (χ2v) is 8.91. The van der Waals surface area contributed by atoms with Gasteiger partial charge in [0.1, 0.15) is 18.0 Å². The predicted molar refractivity (Wildman–Crippen MR) is 98.0 cm³/mol. The van der Waals surface area contributed by atoms with Crippen molar-refractivity contribution in [2.24, 2.45) is 5.92 Å². The van der Waals surface area contributed by atoms with Crippen LogP contribution in [0, 0.1) is 5.92 Å². The zero-order valence-corrected chi connectivity index (χ0v) is 15.9. The van der Waals surface area contributed by atoms with Crippen LogP contribution in [-0.2, 0) is 22.6 Å². The van der Waals surface area contributed by atoms with Crippen LogP contribution >= 0.6 is 0 Å². The Kier molecular flexibility index (Phi) is 4.75. The third-order valence-electron chi connectivity index (χ3n) is 7.03. The summed E-state index contributed by atoms with van der Waals surface area (Å²) in [5.74, 6) is 3.60. The molecule has 1 unspecified atom stereocenters. The van der Waals surface area contributed by atoms with Crippen LogP contribution < -0.4 is 0 Å². The zero-order chi connectivity index (χ0) is 17.4. The van der Waals surface area contributed by atoms with Crippen LogP contribution in [0.5, 0.6) is 0 Å². The minimum absolute atomic E-state index is 0.0238. The number of likely N-dealkylation sites (tertiary alicyclic amines) is 1. The highest BCUT2D eigenvalue weighted by molar-refractivity contribution is 5.08. The van der Waals surface area contributed by atoms with Crippen molar-refractivity contribution in [2.45, 2.75) is 76.0 Å². The summed E-state index contributed by atoms with van der Waals surface area (Å²) in [6.45, 7) is 6.78. The molecule has 3 aliphatic heterocycles. The van der Waals surface area contributed by atoms with Gasteiger partial charge in [0.05, 0.1) is 6.54 Å². The summed E-state index contributed by atoms with van der Waals surface area (Å²) in [4.78, 5) is 2.67. The Morgan fingerprint density at radius 3 is 2.69 bits per heavy atom. The standard InChI is InChI=1S/C20H32N4O2/c1-2-4-16(5-3-1)12-23-9-8-20(14-23)15-24-18(13-26-20)21-22-19(24)17-6-10-25-11-7-17/h16-17H,1-15H2. The first-order valence-corrected chi connectivity index (χ1v) is 10.7. The molecular weight excluding hydrogens is 328 g/mol. The van der Waals surface area contributed by atoms with Gasteiger partial charge in [-0.3, -0.25) is 0 Å². The lowest BCUT2D eigenvalue weighted by molar-refractivity contribution is -0.0838. The summed E-state index contributed by atoms with van der Waals surface area (Å²) >= 11 is 0. The topological polar surface area (TPSA) is 52.4 Å². The van der Waals surface area contributed by atoms with E-state index in [-0.39, 0.29) is 5.60 Å². The second kappa shape index (κ2) is 7.21. The number of hydrogen-bond acceptors (Lipinski definition) is 5. The van der Waals surface area contributed by atoms with Gasteiger partial charge >= 0.3 is 0 Å². The summed E-state index contributed by atoms with van der Waals surface area (Å²) in [7, 11) is 0. The third kappa shape index (κ3) is 3.32. The SMILES string of the molecule is C1CCC(CN2CCC3(C2)Cn2c(nnc2C2CCOCC2)CO3)CC1. The maximum atomic E-state index is 6.38. The quantitative estimate of drug-likeness (QED) is 0.830. The van der Waals surface area contributed by atoms with E-state index < -0.39 is 0 Å². The molecule has 0 aromatic carbocycles. The van der Waals surface area contributed by atoms with Crippen LogP contribution in [0.2, 0.25) is 0 Å². The van der Waals surface area contributed by atoms with Gasteiger partial charge in [-0.25, -0.2) is 0 Å². The Hall–Kier alpha value is -0.980. The first-order valence-electron chi connectivity index (χ1n) is 10.7. The fraction of sp³-hybridized carbons (Fsp3) is 0.900. The lowest BCUT2D eigenvalue weighted by Gasteiger charge is -2.36. The number of ether oxygens (including phenoxy) is 2. The predicted octanol–water partition coefficient (Wildman–Crippen LogP) is 2.73. The average Bonchev–Trinajstić information content (AvgIpc) is 3.27. The highest BCUT2D eigenvalue weighted by Gasteiger charge is 2.44. The molecule has 1 aromatic rings. The van der Waals surface area contributed by atoms with E-state index in [1.165, 1.54) is 51.0 Å². The molecule has 0 amide bonds. The van der Waals surface area contributed by atoms with Gasteiger partial charge in [0, 0.05) is 38.8 Å². The molecule has 6 nitrogen and oxygen atoms in total. The number of nitrogens with zero attached hydrogens (tertiary/aromatic N) is 4. The molecule has 0 radical (unpaired) electrons. The van der Waals surface area contributed by atoms with Crippen LogP contribution in [0.15, 0.2) is 0 Å². The number of rotatable bonds is 3. The maximum absolute atomic E-state index is 6.38. The summed E-state index contributed by atoms with van der Waals surface area (Å²) < 4.78 is 14.3. The summed E-state index contributed by atoms with van der Waals surface area (Å²) in [5.41, 5.74) is -0.0238. The average molecular weight is 361 g/mol. The molecule has 26 heavy (non-hydrogen) atoms. The van der Waals surface area contributed by atoms with Crippen molar-refractivity contribution in [1.29, 1.82) is 0 Å². The Morgan fingerprint density at radius 2 is 1.85 bits per heavy atom. The van der Waals surface area contributed by atoms with Crippen LogP contribution in [0.3, 0.4) is 0 Å². The monoisotopic (exact) mass is 360 g/mol. The van der Waals surface area contributed by atoms with Gasteiger partial charge in [-0.15, -0.1) is 10.2 Å². The highest BCUT2D eigenvalue weighted by Crippen LogP contribution is 2.36. The van der Waals surface area contributed by atoms with Gasteiger partial charge in [-0.2, -0.15) is 0 Å². The minimum atomic E-state index is -0.0238. The Labute approximate surface area is 156 Å². The molecule has 144 valence electrons. The van der Waals surface area contributed by atoms with E-state index in [1.54, 1.807) is 0 Å². The molecule has 1 atom stereocenters. The Balaban J connectivity index is 1.27. The molecular formula is C20H32N4O2. The normalized spacial score (nSPS) is 31.5. The van der Waals surface area contributed by atoms with Crippen LogP contribution in [-0.4, -0.2) is 58.1 Å². The lowest BCUT2D eigenvalue weighted by Crippen LogP contribution is -2.45. The van der Waals surface area contributed by atoms with E-state index in [4.69, 9.17) is 9.47 Å². The van der Waals surface area contributed by atoms with Crippen molar-refractivity contribution in [3.8, 4) is 0 Å². The summed E-state index contributed by atoms with van der Waals surface area (Å²) in [5, 5.41) is 8.99. The zero-order valence-electron chi connectivity index (χ0n) is 15.9. The van der Waals surface area contributed by atoms with Crippen LogP contribution in [0.1, 0.15) is 68.9 Å². The van der Waals surface area contributed by atoms with E-state index in [2.05, 4.69) is 19.7 Å². The van der Waals surface area contributed by atoms with E-state index in [9.17, 15) is 0 Å². The highest BCUT2D eigenvalue weighted by atomic mass is 16.5. The van der Waals surface area contributed by atoms with Crippen molar-refractivity contribution >= 4 is 0 Å². The first kappa shape index (κ1) is 17.1. The largest absolute Gasteiger partial charge is 0.381 e. The first-order chi connectivity index (χ1) is 12.8. The van der Waals surface area contributed by atoms with E-state index >= 15 is 0 Å². The molecule has 0 N–H and O–H groups in total. The van der Waals surface area contributed by atoms with Gasteiger partial charge in [-0.1, -0.05) is 19.3 Å². The number of fused-ring (bicyclic) bond motifs is 1. The van der Waals surface area contributed by atoms with Crippen LogP contribution in [0.4, 0.5) is 0 Å².